The van der Waals surface area contributed by atoms with Crippen molar-refractivity contribution in [2.24, 2.45) is 17.4 Å². The maximum Gasteiger partial charge on any atom is 0.411 e. The molecule has 1 amide bonds. The molecule has 1 atom stereocenters. The molecular formula is C19H25FN4O3. The lowest BCUT2D eigenvalue weighted by molar-refractivity contribution is 0.205. The van der Waals surface area contributed by atoms with Gasteiger partial charge in [-0.25, -0.2) is 19.2 Å². The summed E-state index contributed by atoms with van der Waals surface area (Å²) in [5.41, 5.74) is 11.8. The molecule has 0 unspecified atom stereocenters. The quantitative estimate of drug-likeness (QED) is 0.767. The van der Waals surface area contributed by atoms with Crippen molar-refractivity contribution in [2.75, 3.05) is 6.61 Å². The number of carbonyl (C=O) groups excluding carboxylic acids is 1. The molecule has 2 heterocycles. The minimum atomic E-state index is -1.03. The van der Waals surface area contributed by atoms with Gasteiger partial charge in [0, 0.05) is 17.2 Å². The fraction of sp³-hybridized carbons (Fsp3) is 0.421. The zero-order chi connectivity index (χ0) is 20.2. The third-order valence-corrected chi connectivity index (χ3v) is 3.78. The fourth-order valence-electron chi connectivity index (χ4n) is 2.86. The maximum absolute atomic E-state index is 14.1. The summed E-state index contributed by atoms with van der Waals surface area (Å²) in [6.07, 6.45) is 0.739. The van der Waals surface area contributed by atoms with Crippen LogP contribution in [0.4, 0.5) is 9.18 Å². The van der Waals surface area contributed by atoms with Crippen LogP contribution in [0, 0.1) is 18.7 Å². The molecule has 0 saturated carbocycles. The molecule has 0 aromatic carbocycles. The zero-order valence-corrected chi connectivity index (χ0v) is 16.0. The Balaban J connectivity index is 2.20. The van der Waals surface area contributed by atoms with E-state index in [2.05, 4.69) is 28.6 Å². The molecule has 0 fully saturated rings. The minimum absolute atomic E-state index is 0.105. The molecule has 27 heavy (non-hydrogen) atoms. The molecule has 0 aliphatic heterocycles. The highest BCUT2D eigenvalue weighted by Crippen LogP contribution is 2.27. The Morgan fingerprint density at radius 2 is 2.07 bits per heavy atom. The van der Waals surface area contributed by atoms with E-state index >= 15 is 0 Å². The van der Waals surface area contributed by atoms with Crippen molar-refractivity contribution in [1.82, 2.24) is 9.97 Å². The number of nitrogens with two attached hydrogens (primary N) is 2. The van der Waals surface area contributed by atoms with Gasteiger partial charge in [0.15, 0.2) is 5.82 Å². The van der Waals surface area contributed by atoms with Crippen LogP contribution in [0.25, 0.3) is 11.3 Å². The number of nitrogens with zero attached hydrogens (tertiary/aromatic N) is 2. The van der Waals surface area contributed by atoms with Crippen molar-refractivity contribution >= 4 is 6.09 Å². The van der Waals surface area contributed by atoms with E-state index in [1.54, 1.807) is 19.1 Å². The van der Waals surface area contributed by atoms with Crippen molar-refractivity contribution in [2.45, 2.75) is 39.7 Å². The first-order valence-corrected chi connectivity index (χ1v) is 8.60. The fourth-order valence-corrected chi connectivity index (χ4v) is 2.86. The van der Waals surface area contributed by atoms with Crippen LogP contribution in [0.15, 0.2) is 24.4 Å². The second kappa shape index (κ2) is 8.30. The monoisotopic (exact) mass is 376 g/mol. The van der Waals surface area contributed by atoms with Gasteiger partial charge in [-0.15, -0.1) is 0 Å². The third-order valence-electron chi connectivity index (χ3n) is 3.78. The van der Waals surface area contributed by atoms with Crippen molar-refractivity contribution < 1.29 is 18.7 Å². The molecule has 7 nitrogen and oxygen atoms in total. The number of ether oxygens (including phenoxy) is 2. The number of halogens is 1. The molecule has 0 aliphatic carbocycles. The molecule has 2 rings (SSSR count). The maximum atomic E-state index is 14.1. The summed E-state index contributed by atoms with van der Waals surface area (Å²) in [5, 5.41) is 0. The van der Waals surface area contributed by atoms with E-state index in [1.165, 1.54) is 6.07 Å². The van der Waals surface area contributed by atoms with Gasteiger partial charge in [-0.1, -0.05) is 13.8 Å². The van der Waals surface area contributed by atoms with Crippen LogP contribution in [-0.4, -0.2) is 28.2 Å². The summed E-state index contributed by atoms with van der Waals surface area (Å²) in [5.74, 6) is 0.323. The summed E-state index contributed by atoms with van der Waals surface area (Å²) in [4.78, 5) is 18.9. The summed E-state index contributed by atoms with van der Waals surface area (Å²) < 4.78 is 24.6. The smallest absolute Gasteiger partial charge is 0.411 e. The van der Waals surface area contributed by atoms with Gasteiger partial charge in [0.2, 0.25) is 5.88 Å². The number of aromatic nitrogens is 2. The number of carbonyl (C=O) groups is 1. The largest absolute Gasteiger partial charge is 0.490 e. The van der Waals surface area contributed by atoms with E-state index in [9.17, 15) is 9.18 Å². The first kappa shape index (κ1) is 20.6. The molecule has 0 saturated heterocycles. The Hall–Kier alpha value is -2.74. The van der Waals surface area contributed by atoms with Gasteiger partial charge in [0.25, 0.3) is 0 Å². The summed E-state index contributed by atoms with van der Waals surface area (Å²) in [6.45, 7) is 8.25. The lowest BCUT2D eigenvalue weighted by atomic mass is 9.93. The Morgan fingerprint density at radius 1 is 1.37 bits per heavy atom. The van der Waals surface area contributed by atoms with Gasteiger partial charge in [-0.3, -0.25) is 0 Å². The molecule has 2 aromatic rings. The van der Waals surface area contributed by atoms with E-state index in [4.69, 9.17) is 16.2 Å². The predicted octanol–water partition coefficient (Wildman–Crippen LogP) is 3.19. The summed E-state index contributed by atoms with van der Waals surface area (Å²) >= 11 is 0. The highest BCUT2D eigenvalue weighted by Gasteiger charge is 2.21. The molecule has 8 heteroatoms. The van der Waals surface area contributed by atoms with E-state index < -0.39 is 17.4 Å². The van der Waals surface area contributed by atoms with Gasteiger partial charge in [-0.05, 0) is 38.3 Å². The Bertz CT molecular complexity index is 825. The molecule has 0 spiro atoms. The molecule has 0 aliphatic rings. The third kappa shape index (κ3) is 5.89. The van der Waals surface area contributed by atoms with Crippen molar-refractivity contribution in [1.29, 1.82) is 0 Å². The Labute approximate surface area is 157 Å². The van der Waals surface area contributed by atoms with Crippen LogP contribution in [0.3, 0.4) is 0 Å². The van der Waals surface area contributed by atoms with E-state index in [0.29, 0.717) is 29.7 Å². The van der Waals surface area contributed by atoms with Crippen LogP contribution in [-0.2, 0) is 0 Å². The van der Waals surface area contributed by atoms with Crippen molar-refractivity contribution in [3.63, 3.8) is 0 Å². The number of aryl methyl sites for hydroxylation is 1. The molecule has 0 bridgehead atoms. The number of amides is 1. The summed E-state index contributed by atoms with van der Waals surface area (Å²) in [6, 6.07) is 4.59. The first-order chi connectivity index (χ1) is 12.6. The van der Waals surface area contributed by atoms with Crippen LogP contribution >= 0.6 is 0 Å². The topological polar surface area (TPSA) is 113 Å². The highest BCUT2D eigenvalue weighted by atomic mass is 19.1. The zero-order valence-electron chi connectivity index (χ0n) is 16.0. The van der Waals surface area contributed by atoms with Crippen LogP contribution < -0.4 is 20.9 Å². The first-order valence-electron chi connectivity index (χ1n) is 8.60. The van der Waals surface area contributed by atoms with Crippen LogP contribution in [0.1, 0.15) is 32.9 Å². The summed E-state index contributed by atoms with van der Waals surface area (Å²) in [7, 11) is 0. The Morgan fingerprint density at radius 3 is 2.67 bits per heavy atom. The van der Waals surface area contributed by atoms with Gasteiger partial charge in [0.1, 0.15) is 12.4 Å². The number of rotatable bonds is 7. The minimum Gasteiger partial charge on any atom is -0.490 e. The van der Waals surface area contributed by atoms with Gasteiger partial charge in [-0.2, -0.15) is 0 Å². The number of primary amides is 1. The Kier molecular flexibility index (Phi) is 6.32. The lowest BCUT2D eigenvalue weighted by Gasteiger charge is -2.27. The average Bonchev–Trinajstić information content (AvgIpc) is 2.54. The standard InChI is InChI=1S/C19H25FN4O3/c1-11(2)8-19(4,22)10-26-16-6-5-15(24-12(16)3)13-7-17(27-18(21)25)23-9-14(13)20/h5-7,9,11H,8,10,22H2,1-4H3,(H2,21,25)/t19-/m0/s1. The van der Waals surface area contributed by atoms with E-state index in [1.807, 2.05) is 6.92 Å². The van der Waals surface area contributed by atoms with Crippen LogP contribution in [0.2, 0.25) is 0 Å². The lowest BCUT2D eigenvalue weighted by Crippen LogP contribution is -2.43. The second-order valence-corrected chi connectivity index (χ2v) is 7.24. The number of pyridine rings is 2. The normalized spacial score (nSPS) is 13.3. The predicted molar refractivity (Wildman–Crippen MR) is 99.9 cm³/mol. The molecular weight excluding hydrogens is 351 g/mol. The number of hydrogen-bond donors (Lipinski definition) is 2. The molecule has 2 aromatic heterocycles. The van der Waals surface area contributed by atoms with Crippen molar-refractivity contribution in [3.8, 4) is 22.9 Å². The molecule has 146 valence electrons. The average molecular weight is 376 g/mol. The number of hydrogen-bond acceptors (Lipinski definition) is 6. The molecule has 4 N–H and O–H groups in total. The van der Waals surface area contributed by atoms with Gasteiger partial charge in [0.05, 0.1) is 17.6 Å². The van der Waals surface area contributed by atoms with E-state index in [0.717, 1.165) is 12.6 Å². The van der Waals surface area contributed by atoms with E-state index in [-0.39, 0.29) is 11.4 Å². The molecule has 0 radical (unpaired) electrons. The second-order valence-electron chi connectivity index (χ2n) is 7.24. The van der Waals surface area contributed by atoms with Gasteiger partial charge >= 0.3 is 6.09 Å². The SMILES string of the molecule is Cc1nc(-c2cc(OC(N)=O)ncc2F)ccc1OC[C@@](C)(N)CC(C)C. The van der Waals surface area contributed by atoms with Crippen LogP contribution in [0.5, 0.6) is 11.6 Å². The van der Waals surface area contributed by atoms with Crippen molar-refractivity contribution in [3.05, 3.63) is 35.9 Å². The highest BCUT2D eigenvalue weighted by molar-refractivity contribution is 5.69. The van der Waals surface area contributed by atoms with Gasteiger partial charge < -0.3 is 20.9 Å².